The number of esters is 1. The highest BCUT2D eigenvalue weighted by Crippen LogP contribution is 2.37. The predicted molar refractivity (Wildman–Crippen MR) is 55.6 cm³/mol. The van der Waals surface area contributed by atoms with Gasteiger partial charge in [0, 0.05) is 17.0 Å². The van der Waals surface area contributed by atoms with E-state index in [0.29, 0.717) is 11.5 Å². The van der Waals surface area contributed by atoms with Crippen LogP contribution in [0.2, 0.25) is 0 Å². The monoisotopic (exact) mass is 312 g/mol. The van der Waals surface area contributed by atoms with Gasteiger partial charge in [-0.3, -0.25) is 4.79 Å². The van der Waals surface area contributed by atoms with Gasteiger partial charge in [-0.1, -0.05) is 18.3 Å². The summed E-state index contributed by atoms with van der Waals surface area (Å²) in [6.07, 6.45) is 0.396. The number of ether oxygens (including phenoxy) is 1. The molecule has 0 bridgehead atoms. The molecule has 0 spiro atoms. The molecule has 0 amide bonds. The molecule has 0 fully saturated rings. The Morgan fingerprint density at radius 1 is 1.67 bits per heavy atom. The van der Waals surface area contributed by atoms with Crippen molar-refractivity contribution in [2.24, 2.45) is 0 Å². The second kappa shape index (κ2) is 4.39. The Hall–Kier alpha value is 0.130. The van der Waals surface area contributed by atoms with Gasteiger partial charge in [-0.2, -0.15) is 0 Å². The van der Waals surface area contributed by atoms with Gasteiger partial charge in [-0.05, 0) is 31.9 Å². The number of rotatable bonds is 2. The van der Waals surface area contributed by atoms with E-state index >= 15 is 0 Å². The summed E-state index contributed by atoms with van der Waals surface area (Å²) in [7, 11) is 0. The van der Waals surface area contributed by atoms with Crippen LogP contribution in [-0.4, -0.2) is 5.97 Å². The molecule has 0 N–H and O–H groups in total. The lowest BCUT2D eigenvalue weighted by molar-refractivity contribution is -0.133. The first-order chi connectivity index (χ1) is 5.63. The summed E-state index contributed by atoms with van der Waals surface area (Å²) in [5.41, 5.74) is 0. The molecule has 0 saturated heterocycles. The predicted octanol–water partition coefficient (Wildman–Crippen LogP) is 3.59. The van der Waals surface area contributed by atoms with Crippen LogP contribution in [0, 0.1) is 0 Å². The van der Waals surface area contributed by atoms with E-state index in [0.717, 1.165) is 8.26 Å². The average molecular weight is 314 g/mol. The van der Waals surface area contributed by atoms with Crippen LogP contribution in [-0.2, 0) is 4.79 Å². The van der Waals surface area contributed by atoms with E-state index in [9.17, 15) is 4.79 Å². The number of thiophene rings is 1. The molecule has 0 aliphatic heterocycles. The Kier molecular flexibility index (Phi) is 3.74. The van der Waals surface area contributed by atoms with Gasteiger partial charge < -0.3 is 4.74 Å². The summed E-state index contributed by atoms with van der Waals surface area (Å²) in [5.74, 6) is -0.212. The van der Waals surface area contributed by atoms with E-state index < -0.39 is 0 Å². The van der Waals surface area contributed by atoms with E-state index in [4.69, 9.17) is 4.74 Å². The van der Waals surface area contributed by atoms with Gasteiger partial charge in [0.05, 0.1) is 3.79 Å². The molecule has 0 unspecified atom stereocenters. The molecular weight excluding hydrogens is 308 g/mol. The summed E-state index contributed by atoms with van der Waals surface area (Å²) in [6.45, 7) is 1.76. The molecule has 1 aromatic heterocycles. The molecule has 5 heteroatoms. The zero-order valence-electron chi connectivity index (χ0n) is 6.27. The van der Waals surface area contributed by atoms with Gasteiger partial charge in [0.15, 0.2) is 5.06 Å². The van der Waals surface area contributed by atoms with Crippen molar-refractivity contribution in [1.29, 1.82) is 0 Å². The topological polar surface area (TPSA) is 26.3 Å². The van der Waals surface area contributed by atoms with Crippen LogP contribution in [0.25, 0.3) is 0 Å². The Balaban J connectivity index is 2.70. The zero-order chi connectivity index (χ0) is 9.14. The van der Waals surface area contributed by atoms with Crippen molar-refractivity contribution in [3.05, 3.63) is 14.3 Å². The molecule has 66 valence electrons. The molecule has 0 saturated carbocycles. The lowest BCUT2D eigenvalue weighted by atomic mass is 10.5. The summed E-state index contributed by atoms with van der Waals surface area (Å²) in [4.78, 5) is 10.9. The van der Waals surface area contributed by atoms with Gasteiger partial charge in [-0.15, -0.1) is 0 Å². The Morgan fingerprint density at radius 2 is 2.33 bits per heavy atom. The standard InChI is InChI=1S/C7H6Br2O2S/c1-2-5(10)11-6-3-4(8)7(9)12-6/h3H,2H2,1H3. The number of hydrogen-bond donors (Lipinski definition) is 0. The van der Waals surface area contributed by atoms with Crippen molar-refractivity contribution in [3.8, 4) is 5.06 Å². The summed E-state index contributed by atoms with van der Waals surface area (Å²) >= 11 is 7.99. The van der Waals surface area contributed by atoms with Gasteiger partial charge in [0.25, 0.3) is 0 Å². The summed E-state index contributed by atoms with van der Waals surface area (Å²) in [6, 6.07) is 1.77. The van der Waals surface area contributed by atoms with Crippen LogP contribution in [0.3, 0.4) is 0 Å². The molecule has 1 heterocycles. The highest BCUT2D eigenvalue weighted by atomic mass is 79.9. The Labute approximate surface area is 91.2 Å². The van der Waals surface area contributed by atoms with E-state index in [2.05, 4.69) is 31.9 Å². The third-order valence-corrected chi connectivity index (χ3v) is 4.26. The first-order valence-electron chi connectivity index (χ1n) is 3.29. The van der Waals surface area contributed by atoms with Crippen molar-refractivity contribution in [1.82, 2.24) is 0 Å². The third-order valence-electron chi connectivity index (χ3n) is 1.13. The van der Waals surface area contributed by atoms with Crippen molar-refractivity contribution >= 4 is 49.2 Å². The highest BCUT2D eigenvalue weighted by molar-refractivity contribution is 9.13. The molecular formula is C7H6Br2O2S. The van der Waals surface area contributed by atoms with Crippen LogP contribution in [0.1, 0.15) is 13.3 Å². The van der Waals surface area contributed by atoms with Gasteiger partial charge in [-0.25, -0.2) is 0 Å². The zero-order valence-corrected chi connectivity index (χ0v) is 10.3. The van der Waals surface area contributed by atoms with Crippen LogP contribution < -0.4 is 4.74 Å². The fourth-order valence-corrected chi connectivity index (χ4v) is 2.40. The van der Waals surface area contributed by atoms with Gasteiger partial charge >= 0.3 is 5.97 Å². The second-order valence-electron chi connectivity index (χ2n) is 2.01. The molecule has 0 radical (unpaired) electrons. The third kappa shape index (κ3) is 2.57. The Bertz CT molecular complexity index is 276. The summed E-state index contributed by atoms with van der Waals surface area (Å²) < 4.78 is 6.83. The number of halogens is 2. The van der Waals surface area contributed by atoms with Crippen LogP contribution in [0.15, 0.2) is 14.3 Å². The second-order valence-corrected chi connectivity index (χ2v) is 5.20. The maximum absolute atomic E-state index is 10.9. The highest BCUT2D eigenvalue weighted by Gasteiger charge is 2.07. The number of carbonyl (C=O) groups is 1. The molecule has 0 aliphatic rings. The number of hydrogen-bond acceptors (Lipinski definition) is 3. The van der Waals surface area contributed by atoms with Gasteiger partial charge in [0.1, 0.15) is 0 Å². The smallest absolute Gasteiger partial charge is 0.311 e. The number of carbonyl (C=O) groups excluding carboxylic acids is 1. The fourth-order valence-electron chi connectivity index (χ4n) is 0.561. The maximum atomic E-state index is 10.9. The lowest BCUT2D eigenvalue weighted by Crippen LogP contribution is -2.03. The van der Waals surface area contributed by atoms with E-state index in [-0.39, 0.29) is 5.97 Å². The molecule has 12 heavy (non-hydrogen) atoms. The molecule has 2 nitrogen and oxygen atoms in total. The van der Waals surface area contributed by atoms with E-state index in [1.807, 2.05) is 0 Å². The molecule has 1 aromatic rings. The minimum Gasteiger partial charge on any atom is -0.415 e. The van der Waals surface area contributed by atoms with E-state index in [1.54, 1.807) is 13.0 Å². The fraction of sp³-hybridized carbons (Fsp3) is 0.286. The van der Waals surface area contributed by atoms with Crippen molar-refractivity contribution in [3.63, 3.8) is 0 Å². The molecule has 1 rings (SSSR count). The molecule has 0 aromatic carbocycles. The summed E-state index contributed by atoms with van der Waals surface area (Å²) in [5, 5.41) is 0.612. The van der Waals surface area contributed by atoms with Crippen molar-refractivity contribution in [2.75, 3.05) is 0 Å². The van der Waals surface area contributed by atoms with Crippen molar-refractivity contribution in [2.45, 2.75) is 13.3 Å². The van der Waals surface area contributed by atoms with Crippen LogP contribution >= 0.6 is 43.2 Å². The normalized spacial score (nSPS) is 9.92. The average Bonchev–Trinajstić information content (AvgIpc) is 2.31. The van der Waals surface area contributed by atoms with Crippen LogP contribution in [0.5, 0.6) is 5.06 Å². The minimum atomic E-state index is -0.212. The molecule has 0 atom stereocenters. The first-order valence-corrected chi connectivity index (χ1v) is 5.69. The van der Waals surface area contributed by atoms with Crippen molar-refractivity contribution < 1.29 is 9.53 Å². The minimum absolute atomic E-state index is 0.212. The van der Waals surface area contributed by atoms with Gasteiger partial charge in [0.2, 0.25) is 0 Å². The molecule has 0 aliphatic carbocycles. The maximum Gasteiger partial charge on any atom is 0.311 e. The lowest BCUT2D eigenvalue weighted by Gasteiger charge is -1.95. The first kappa shape index (κ1) is 10.2. The largest absolute Gasteiger partial charge is 0.415 e. The van der Waals surface area contributed by atoms with E-state index in [1.165, 1.54) is 11.3 Å². The van der Waals surface area contributed by atoms with Crippen LogP contribution in [0.4, 0.5) is 0 Å². The SMILES string of the molecule is CCC(=O)Oc1cc(Br)c(Br)s1. The Morgan fingerprint density at radius 3 is 2.75 bits per heavy atom. The quantitative estimate of drug-likeness (QED) is 0.780.